The first-order valence-corrected chi connectivity index (χ1v) is 8.38. The summed E-state index contributed by atoms with van der Waals surface area (Å²) in [5.74, 6) is 0. The van der Waals surface area contributed by atoms with Gasteiger partial charge >= 0.3 is 0 Å². The van der Waals surface area contributed by atoms with Gasteiger partial charge in [-0.3, -0.25) is 0 Å². The second-order valence-corrected chi connectivity index (χ2v) is 5.62. The van der Waals surface area contributed by atoms with Gasteiger partial charge in [-0.25, -0.2) is 0 Å². The minimum atomic E-state index is 1.12. The van der Waals surface area contributed by atoms with Crippen LogP contribution in [0, 0.1) is 0 Å². The zero-order chi connectivity index (χ0) is 15.8. The van der Waals surface area contributed by atoms with Crippen molar-refractivity contribution in [3.05, 3.63) is 76.9 Å². The van der Waals surface area contributed by atoms with Crippen LogP contribution in [0.1, 0.15) is 62.3 Å². The van der Waals surface area contributed by atoms with Crippen molar-refractivity contribution in [2.45, 2.75) is 40.0 Å². The van der Waals surface area contributed by atoms with E-state index in [4.69, 9.17) is 0 Å². The standard InChI is InChI=1S/C19H18.C3H8/c1-2-3-10-19-17-11-6-4-8-15(17)13-14-16-9-5-7-12-18(16)19;1-3-2/h4-14H,2-3H2,1H3;3H2,1-2H3. The van der Waals surface area contributed by atoms with Crippen LogP contribution in [0.5, 0.6) is 0 Å². The summed E-state index contributed by atoms with van der Waals surface area (Å²) in [4.78, 5) is 0. The summed E-state index contributed by atoms with van der Waals surface area (Å²) < 4.78 is 0. The highest BCUT2D eigenvalue weighted by Crippen LogP contribution is 2.33. The largest absolute Gasteiger partial charge is 0.0760 e. The summed E-state index contributed by atoms with van der Waals surface area (Å²) in [5.41, 5.74) is 6.68. The van der Waals surface area contributed by atoms with Gasteiger partial charge in [0.15, 0.2) is 0 Å². The lowest BCUT2D eigenvalue weighted by atomic mass is 9.92. The van der Waals surface area contributed by atoms with Crippen LogP contribution >= 0.6 is 0 Å². The minimum absolute atomic E-state index is 1.12. The Bertz CT molecular complexity index is 608. The SMILES string of the molecule is CCC.CCCC=C1c2ccccc2C=Cc2ccccc21. The Morgan fingerprint density at radius 3 is 1.64 bits per heavy atom. The Morgan fingerprint density at radius 2 is 1.18 bits per heavy atom. The average molecular weight is 290 g/mol. The van der Waals surface area contributed by atoms with E-state index in [1.54, 1.807) is 0 Å². The number of benzene rings is 2. The molecule has 0 atom stereocenters. The van der Waals surface area contributed by atoms with E-state index >= 15 is 0 Å². The van der Waals surface area contributed by atoms with E-state index < -0.39 is 0 Å². The van der Waals surface area contributed by atoms with E-state index in [0.717, 1.165) is 6.42 Å². The molecule has 0 heterocycles. The first-order chi connectivity index (χ1) is 10.8. The number of hydrogen-bond donors (Lipinski definition) is 0. The van der Waals surface area contributed by atoms with Crippen molar-refractivity contribution in [2.75, 3.05) is 0 Å². The summed E-state index contributed by atoms with van der Waals surface area (Å²) in [6.45, 7) is 6.48. The molecule has 1 aliphatic rings. The van der Waals surface area contributed by atoms with Gasteiger partial charge in [0.05, 0.1) is 0 Å². The van der Waals surface area contributed by atoms with Crippen molar-refractivity contribution < 1.29 is 0 Å². The number of unbranched alkanes of at least 4 members (excludes halogenated alkanes) is 1. The molecule has 0 nitrogen and oxygen atoms in total. The summed E-state index contributed by atoms with van der Waals surface area (Å²) in [5, 5.41) is 0. The van der Waals surface area contributed by atoms with Gasteiger partial charge in [-0.15, -0.1) is 0 Å². The lowest BCUT2D eigenvalue weighted by Gasteiger charge is -2.11. The quantitative estimate of drug-likeness (QED) is 0.486. The number of fused-ring (bicyclic) bond motifs is 2. The molecule has 0 unspecified atom stereocenters. The minimum Gasteiger partial charge on any atom is -0.0760 e. The Morgan fingerprint density at radius 1 is 0.727 bits per heavy atom. The third-order valence-corrected chi connectivity index (χ3v) is 3.58. The van der Waals surface area contributed by atoms with Gasteiger partial charge < -0.3 is 0 Å². The van der Waals surface area contributed by atoms with Gasteiger partial charge in [0.25, 0.3) is 0 Å². The van der Waals surface area contributed by atoms with Gasteiger partial charge in [0.2, 0.25) is 0 Å². The predicted octanol–water partition coefficient (Wildman–Crippen LogP) is 6.82. The average Bonchev–Trinajstić information content (AvgIpc) is 2.71. The summed E-state index contributed by atoms with van der Waals surface area (Å²) >= 11 is 0. The molecule has 0 fully saturated rings. The Balaban J connectivity index is 0.000000545. The molecule has 114 valence electrons. The fourth-order valence-electron chi connectivity index (χ4n) is 2.61. The lowest BCUT2D eigenvalue weighted by molar-refractivity contribution is 0.960. The molecule has 1 aliphatic carbocycles. The normalized spacial score (nSPS) is 11.7. The molecule has 0 amide bonds. The van der Waals surface area contributed by atoms with Crippen molar-refractivity contribution >= 4 is 17.7 Å². The fraction of sp³-hybridized carbons (Fsp3) is 0.273. The van der Waals surface area contributed by atoms with Crippen molar-refractivity contribution in [1.82, 2.24) is 0 Å². The third-order valence-electron chi connectivity index (χ3n) is 3.58. The van der Waals surface area contributed by atoms with Crippen LogP contribution in [-0.4, -0.2) is 0 Å². The zero-order valence-corrected chi connectivity index (χ0v) is 14.0. The smallest absolute Gasteiger partial charge is 0.0108 e. The maximum Gasteiger partial charge on any atom is -0.0108 e. The van der Waals surface area contributed by atoms with E-state index in [1.807, 2.05) is 0 Å². The van der Waals surface area contributed by atoms with Gasteiger partial charge in [-0.1, -0.05) is 100 Å². The van der Waals surface area contributed by atoms with Crippen molar-refractivity contribution in [3.63, 3.8) is 0 Å². The van der Waals surface area contributed by atoms with Crippen LogP contribution in [0.15, 0.2) is 54.6 Å². The Hall–Kier alpha value is -2.08. The molecule has 0 radical (unpaired) electrons. The van der Waals surface area contributed by atoms with Crippen LogP contribution in [0.3, 0.4) is 0 Å². The summed E-state index contributed by atoms with van der Waals surface area (Å²) in [7, 11) is 0. The molecule has 0 saturated heterocycles. The highest BCUT2D eigenvalue weighted by Gasteiger charge is 2.13. The summed E-state index contributed by atoms with van der Waals surface area (Å²) in [6.07, 6.45) is 10.4. The molecule has 0 bridgehead atoms. The Labute approximate surface area is 135 Å². The monoisotopic (exact) mass is 290 g/mol. The molecule has 22 heavy (non-hydrogen) atoms. The summed E-state index contributed by atoms with van der Waals surface area (Å²) in [6, 6.07) is 17.3. The molecule has 0 spiro atoms. The number of allylic oxidation sites excluding steroid dienone is 1. The van der Waals surface area contributed by atoms with Crippen LogP contribution < -0.4 is 0 Å². The van der Waals surface area contributed by atoms with E-state index in [1.165, 1.54) is 40.7 Å². The van der Waals surface area contributed by atoms with Crippen molar-refractivity contribution in [1.29, 1.82) is 0 Å². The highest BCUT2D eigenvalue weighted by atomic mass is 14.2. The predicted molar refractivity (Wildman–Crippen MR) is 99.8 cm³/mol. The molecule has 0 aliphatic heterocycles. The van der Waals surface area contributed by atoms with Gasteiger partial charge in [-0.2, -0.15) is 0 Å². The topological polar surface area (TPSA) is 0 Å². The van der Waals surface area contributed by atoms with Crippen LogP contribution in [0.2, 0.25) is 0 Å². The van der Waals surface area contributed by atoms with Crippen molar-refractivity contribution in [2.24, 2.45) is 0 Å². The van der Waals surface area contributed by atoms with Gasteiger partial charge in [0, 0.05) is 0 Å². The van der Waals surface area contributed by atoms with Crippen LogP contribution in [-0.2, 0) is 0 Å². The molecule has 3 rings (SSSR count). The third kappa shape index (κ3) is 3.76. The molecule has 0 heteroatoms. The number of hydrogen-bond acceptors (Lipinski definition) is 0. The second-order valence-electron chi connectivity index (χ2n) is 5.62. The van der Waals surface area contributed by atoms with E-state index in [0.29, 0.717) is 0 Å². The van der Waals surface area contributed by atoms with E-state index in [-0.39, 0.29) is 0 Å². The first kappa shape index (κ1) is 16.3. The van der Waals surface area contributed by atoms with Crippen LogP contribution in [0.25, 0.3) is 17.7 Å². The Kier molecular flexibility index (Phi) is 6.21. The second kappa shape index (κ2) is 8.38. The molecule has 2 aromatic rings. The number of rotatable bonds is 2. The molecular weight excluding hydrogens is 264 g/mol. The van der Waals surface area contributed by atoms with Crippen LogP contribution in [0.4, 0.5) is 0 Å². The zero-order valence-electron chi connectivity index (χ0n) is 14.0. The maximum atomic E-state index is 2.38. The molecule has 0 saturated carbocycles. The molecule has 2 aromatic carbocycles. The first-order valence-electron chi connectivity index (χ1n) is 8.38. The highest BCUT2D eigenvalue weighted by molar-refractivity contribution is 5.93. The van der Waals surface area contributed by atoms with E-state index in [9.17, 15) is 0 Å². The van der Waals surface area contributed by atoms with Gasteiger partial charge in [-0.05, 0) is 34.2 Å². The van der Waals surface area contributed by atoms with Crippen molar-refractivity contribution in [3.8, 4) is 0 Å². The maximum absolute atomic E-state index is 2.38. The van der Waals surface area contributed by atoms with Gasteiger partial charge in [0.1, 0.15) is 0 Å². The molecule has 0 aromatic heterocycles. The lowest BCUT2D eigenvalue weighted by Crippen LogP contribution is -1.91. The fourth-order valence-corrected chi connectivity index (χ4v) is 2.61. The van der Waals surface area contributed by atoms with E-state index in [2.05, 4.69) is 87.5 Å². The molecular formula is C22H26. The molecule has 0 N–H and O–H groups in total.